The number of carboxylic acid groups (broad SMARTS) is 1. The van der Waals surface area contributed by atoms with E-state index in [4.69, 9.17) is 37.4 Å². The van der Waals surface area contributed by atoms with E-state index in [9.17, 15) is 20.0 Å². The maximum Gasteiger partial charge on any atom is 1.00 e. The summed E-state index contributed by atoms with van der Waals surface area (Å²) in [4.78, 5) is 23.2. The van der Waals surface area contributed by atoms with Crippen LogP contribution >= 0.6 is 23.2 Å². The number of nitriles is 1. The average Bonchev–Trinajstić information content (AvgIpc) is 3.01. The van der Waals surface area contributed by atoms with E-state index in [1.54, 1.807) is 0 Å². The van der Waals surface area contributed by atoms with Crippen molar-refractivity contribution in [2.24, 2.45) is 5.92 Å². The van der Waals surface area contributed by atoms with Crippen LogP contribution in [0.2, 0.25) is 5.02 Å². The van der Waals surface area contributed by atoms with Crippen LogP contribution in [0.4, 0.5) is 0 Å². The number of carboxylic acids is 1. The van der Waals surface area contributed by atoms with Gasteiger partial charge in [-0.05, 0) is 71.5 Å². The maximum absolute atomic E-state index is 11.8. The fourth-order valence-electron chi connectivity index (χ4n) is 4.98. The van der Waals surface area contributed by atoms with Crippen molar-refractivity contribution in [3.8, 4) is 17.6 Å². The molecule has 2 unspecified atom stereocenters. The number of aryl methyl sites for hydroxylation is 1. The zero-order valence-corrected chi connectivity index (χ0v) is 26.3. The molecule has 0 fully saturated rings. The molecule has 4 rings (SSSR count). The minimum atomic E-state index is -1.41. The van der Waals surface area contributed by atoms with E-state index < -0.39 is 11.6 Å². The van der Waals surface area contributed by atoms with Gasteiger partial charge < -0.3 is 24.1 Å². The minimum absolute atomic E-state index is 0. The van der Waals surface area contributed by atoms with Crippen LogP contribution in [0.1, 0.15) is 56.3 Å². The van der Waals surface area contributed by atoms with Crippen LogP contribution < -0.4 is 33.4 Å². The number of halogens is 2. The number of hydrogen-bond donors (Lipinski definition) is 0. The predicted octanol–water partition coefficient (Wildman–Crippen LogP) is 3.33. The topological polar surface area (TPSA) is 109 Å². The van der Waals surface area contributed by atoms with Gasteiger partial charge in [-0.25, -0.2) is 0 Å². The van der Waals surface area contributed by atoms with Gasteiger partial charge >= 0.3 is 18.9 Å². The Morgan fingerprint density at radius 2 is 1.91 bits per heavy atom. The third kappa shape index (κ3) is 8.15. The number of alkyl halides is 1. The average molecular weight is 626 g/mol. The van der Waals surface area contributed by atoms with E-state index >= 15 is 0 Å². The number of carbonyl (C=O) groups excluding carboxylic acids is 2. The first-order valence-corrected chi connectivity index (χ1v) is 14.6. The van der Waals surface area contributed by atoms with Crippen LogP contribution in [0, 0.1) is 24.2 Å². The Hall–Kier alpha value is -3.49. The quantitative estimate of drug-likeness (QED) is 0.124. The molecule has 0 saturated heterocycles. The zero-order chi connectivity index (χ0) is 31.0. The number of allylic oxidation sites excluding steroid dienone is 2. The van der Waals surface area contributed by atoms with Gasteiger partial charge in [-0.15, -0.1) is 11.6 Å². The molecule has 3 aromatic carbocycles. The van der Waals surface area contributed by atoms with Gasteiger partial charge in [-0.3, -0.25) is 4.79 Å². The third-order valence-corrected chi connectivity index (χ3v) is 7.92. The van der Waals surface area contributed by atoms with E-state index in [2.05, 4.69) is 32.1 Å². The predicted molar refractivity (Wildman–Crippen MR) is 164 cm³/mol. The number of rotatable bonds is 13. The number of aldehydes is 1. The summed E-state index contributed by atoms with van der Waals surface area (Å²) < 4.78 is 18.6. The molecule has 0 spiro atoms. The van der Waals surface area contributed by atoms with Crippen molar-refractivity contribution in [2.45, 2.75) is 32.5 Å². The summed E-state index contributed by atoms with van der Waals surface area (Å²) in [5.41, 5.74) is 3.12. The normalized spacial score (nSPS) is 17.2. The molecule has 0 radical (unpaired) electrons. The third-order valence-electron chi connectivity index (χ3n) is 7.35. The Kier molecular flexibility index (Phi) is 12.7. The van der Waals surface area contributed by atoms with E-state index in [0.717, 1.165) is 16.7 Å². The Bertz CT molecular complexity index is 1620. The van der Waals surface area contributed by atoms with Gasteiger partial charge in [-0.1, -0.05) is 54.9 Å². The number of carbonyl (C=O) groups is 2. The maximum atomic E-state index is 11.8. The number of ether oxygens (including phenoxy) is 3. The molecule has 3 aromatic rings. The van der Waals surface area contributed by atoms with Crippen LogP contribution in [-0.2, 0) is 11.3 Å². The minimum Gasteiger partial charge on any atom is -0.545 e. The van der Waals surface area contributed by atoms with Gasteiger partial charge in [0.25, 0.3) is 0 Å². The van der Waals surface area contributed by atoms with Gasteiger partial charge in [0.15, 0.2) is 6.29 Å². The van der Waals surface area contributed by atoms with Gasteiger partial charge in [0.2, 0.25) is 0 Å². The summed E-state index contributed by atoms with van der Waals surface area (Å²) in [7, 11) is 0. The summed E-state index contributed by atoms with van der Waals surface area (Å²) in [5, 5.41) is 20.8. The van der Waals surface area contributed by atoms with E-state index in [1.807, 2.05) is 30.4 Å². The second-order valence-corrected chi connectivity index (χ2v) is 11.0. The molecule has 0 aliphatic heterocycles. The van der Waals surface area contributed by atoms with Crippen molar-refractivity contribution in [3.05, 3.63) is 111 Å². The first kappa shape index (κ1) is 35.0. The number of benzene rings is 3. The molecule has 0 saturated carbocycles. The second kappa shape index (κ2) is 16.0. The summed E-state index contributed by atoms with van der Waals surface area (Å²) in [6, 6.07) is 17.1. The second-order valence-electron chi connectivity index (χ2n) is 10.2. The van der Waals surface area contributed by atoms with Crippen LogP contribution in [-0.4, -0.2) is 37.0 Å². The molecule has 7 nitrogen and oxygen atoms in total. The van der Waals surface area contributed by atoms with Gasteiger partial charge in [0, 0.05) is 24.5 Å². The van der Waals surface area contributed by atoms with Crippen molar-refractivity contribution < 1.29 is 47.8 Å². The van der Waals surface area contributed by atoms with Crippen LogP contribution in [0.3, 0.4) is 0 Å². The van der Waals surface area contributed by atoms with Gasteiger partial charge in [0.05, 0.1) is 28.2 Å². The molecular weight excluding hydrogens is 596 g/mol. The van der Waals surface area contributed by atoms with Crippen LogP contribution in [0.15, 0.2) is 72.8 Å². The zero-order valence-electron chi connectivity index (χ0n) is 24.8. The van der Waals surface area contributed by atoms with Crippen LogP contribution in [0.5, 0.6) is 11.5 Å². The molecular formula is C34H30Cl2LiNO6. The molecule has 0 aromatic heterocycles. The van der Waals surface area contributed by atoms with E-state index in [1.165, 1.54) is 30.3 Å². The van der Waals surface area contributed by atoms with Crippen molar-refractivity contribution in [1.29, 1.82) is 5.26 Å². The standard InChI is InChI=1S/C34H31Cl2NO6.Li/c1-22-7-3-4-8-28(22)29-9-5-10-34(23(29)2,43-12-6-11-35)21-42-32-17-31(27(19-38)16-30(32)36)41-20-25-13-24(18-37)14-26(15-25)33(39)40;/h3-5,7-10,13-17,19,23H,6,11-12,20-21H2,1-2H3,(H,39,40);/q;+1/p-1. The molecule has 0 N–H and O–H groups in total. The fraction of sp³-hybridized carbons (Fsp3) is 0.265. The first-order chi connectivity index (χ1) is 20.7. The molecule has 1 aliphatic rings. The number of nitrogens with zero attached hydrogens (tertiary/aromatic N) is 1. The van der Waals surface area contributed by atoms with Crippen molar-refractivity contribution in [3.63, 3.8) is 0 Å². The number of hydrogen-bond acceptors (Lipinski definition) is 7. The summed E-state index contributed by atoms with van der Waals surface area (Å²) in [6.45, 7) is 4.57. The van der Waals surface area contributed by atoms with E-state index in [-0.39, 0.29) is 71.2 Å². The monoisotopic (exact) mass is 625 g/mol. The molecule has 0 amide bonds. The Morgan fingerprint density at radius 3 is 2.59 bits per heavy atom. The molecule has 1 aliphatic carbocycles. The summed E-state index contributed by atoms with van der Waals surface area (Å²) >= 11 is 12.5. The van der Waals surface area contributed by atoms with Crippen molar-refractivity contribution >= 4 is 41.0 Å². The van der Waals surface area contributed by atoms with Crippen molar-refractivity contribution in [2.75, 3.05) is 19.1 Å². The Labute approximate surface area is 279 Å². The Balaban J connectivity index is 0.00000529. The summed E-state index contributed by atoms with van der Waals surface area (Å²) in [6.07, 6.45) is 7.29. The molecule has 0 bridgehead atoms. The molecule has 10 heteroatoms. The molecule has 0 heterocycles. The molecule has 222 valence electrons. The van der Waals surface area contributed by atoms with E-state index in [0.29, 0.717) is 30.8 Å². The smallest absolute Gasteiger partial charge is 0.545 e. The van der Waals surface area contributed by atoms with Gasteiger partial charge in [-0.2, -0.15) is 5.26 Å². The molecule has 44 heavy (non-hydrogen) atoms. The first-order valence-electron chi connectivity index (χ1n) is 13.7. The van der Waals surface area contributed by atoms with Crippen LogP contribution in [0.25, 0.3) is 5.57 Å². The number of aromatic carboxylic acids is 1. The summed E-state index contributed by atoms with van der Waals surface area (Å²) in [5.74, 6) is -0.601. The van der Waals surface area contributed by atoms with Crippen molar-refractivity contribution in [1.82, 2.24) is 0 Å². The molecule has 2 atom stereocenters. The Morgan fingerprint density at radius 1 is 1.14 bits per heavy atom. The SMILES string of the molecule is Cc1ccccc1C1=CC=CC(COc2cc(OCc3cc(C#N)cc(C(=O)[O-])c3)c(C=O)cc2Cl)(OCCCCl)C1C.[Li+]. The van der Waals surface area contributed by atoms with Gasteiger partial charge in [0.1, 0.15) is 30.3 Å². The fourth-order valence-corrected chi connectivity index (χ4v) is 5.31. The largest absolute Gasteiger partial charge is 1.00 e.